The number of aromatic amines is 1. The Morgan fingerprint density at radius 1 is 1.38 bits per heavy atom. The van der Waals surface area contributed by atoms with E-state index in [1.165, 1.54) is 28.5 Å². The number of carbonyl (C=O) groups is 1. The molecule has 0 aliphatic carbocycles. The van der Waals surface area contributed by atoms with Crippen LogP contribution in [0.2, 0.25) is 15.1 Å². The van der Waals surface area contributed by atoms with Gasteiger partial charge in [0.15, 0.2) is 5.16 Å². The molecule has 2 aromatic rings. The zero-order valence-corrected chi connectivity index (χ0v) is 16.0. The number of halogens is 3. The third-order valence-electron chi connectivity index (χ3n) is 3.08. The van der Waals surface area contributed by atoms with Gasteiger partial charge in [0.1, 0.15) is 0 Å². The summed E-state index contributed by atoms with van der Waals surface area (Å²) in [5, 5.41) is 9.84. The molecule has 0 fully saturated rings. The number of nitrogens with zero attached hydrogens (tertiary/aromatic N) is 2. The molecule has 6 nitrogen and oxygen atoms in total. The number of hydrogen-bond donors (Lipinski definition) is 2. The highest BCUT2D eigenvalue weighted by molar-refractivity contribution is 8.00. The highest BCUT2D eigenvalue weighted by Crippen LogP contribution is 2.34. The van der Waals surface area contributed by atoms with Gasteiger partial charge in [0.2, 0.25) is 5.91 Å². The van der Waals surface area contributed by atoms with E-state index in [1.54, 1.807) is 6.92 Å². The van der Waals surface area contributed by atoms with Crippen molar-refractivity contribution in [3.63, 3.8) is 0 Å². The average molecular weight is 410 g/mol. The monoisotopic (exact) mass is 408 g/mol. The zero-order chi connectivity index (χ0) is 17.9. The van der Waals surface area contributed by atoms with Crippen molar-refractivity contribution in [3.05, 3.63) is 37.7 Å². The molecular formula is C14H15Cl3N4O2S. The van der Waals surface area contributed by atoms with E-state index in [9.17, 15) is 9.59 Å². The molecule has 2 N–H and O–H groups in total. The molecule has 0 unspecified atom stereocenters. The summed E-state index contributed by atoms with van der Waals surface area (Å²) < 4.78 is 1.50. The number of rotatable bonds is 6. The predicted octanol–water partition coefficient (Wildman–Crippen LogP) is 4.06. The first-order valence-electron chi connectivity index (χ1n) is 7.10. The van der Waals surface area contributed by atoms with Gasteiger partial charge in [-0.15, -0.1) is 5.10 Å². The second-order valence-corrected chi connectivity index (χ2v) is 7.52. The maximum atomic E-state index is 12.4. The molecule has 0 saturated carbocycles. The molecule has 2 rings (SSSR count). The molecule has 0 aliphatic heterocycles. The molecule has 1 aromatic heterocycles. The Morgan fingerprint density at radius 3 is 2.58 bits per heavy atom. The number of hydrogen-bond acceptors (Lipinski definition) is 4. The van der Waals surface area contributed by atoms with Gasteiger partial charge in [-0.2, -0.15) is 0 Å². The van der Waals surface area contributed by atoms with Crippen molar-refractivity contribution in [1.82, 2.24) is 14.8 Å². The van der Waals surface area contributed by atoms with Crippen molar-refractivity contribution in [2.75, 3.05) is 5.32 Å². The standard InChI is InChI=1S/C14H15Cl3N4O2S/c1-3-4-21-13(23)19-20-14(21)24-7(2)12(22)18-11-9(16)5-8(15)6-10(11)17/h5-7H,3-4H2,1-2H3,(H,18,22)(H,19,23)/t7-/m1/s1. The number of thioether (sulfide) groups is 1. The minimum absolute atomic E-state index is 0.251. The smallest absolute Gasteiger partial charge is 0.323 e. The Kier molecular flexibility index (Phi) is 6.62. The van der Waals surface area contributed by atoms with Crippen LogP contribution in [0.5, 0.6) is 0 Å². The first-order chi connectivity index (χ1) is 11.3. The summed E-state index contributed by atoms with van der Waals surface area (Å²) in [5.74, 6) is -0.315. The topological polar surface area (TPSA) is 79.8 Å². The lowest BCUT2D eigenvalue weighted by atomic mass is 10.3. The number of carbonyl (C=O) groups excluding carboxylic acids is 1. The summed E-state index contributed by atoms with van der Waals surface area (Å²) >= 11 is 19.1. The van der Waals surface area contributed by atoms with E-state index in [0.717, 1.165) is 6.42 Å². The number of H-pyrrole nitrogens is 1. The van der Waals surface area contributed by atoms with Gasteiger partial charge >= 0.3 is 5.69 Å². The average Bonchev–Trinajstić information content (AvgIpc) is 2.84. The van der Waals surface area contributed by atoms with E-state index in [1.807, 2.05) is 6.92 Å². The van der Waals surface area contributed by atoms with Gasteiger partial charge in [0.25, 0.3) is 0 Å². The van der Waals surface area contributed by atoms with Gasteiger partial charge in [-0.3, -0.25) is 9.36 Å². The van der Waals surface area contributed by atoms with Crippen LogP contribution >= 0.6 is 46.6 Å². The molecule has 0 saturated heterocycles. The third kappa shape index (κ3) is 4.47. The van der Waals surface area contributed by atoms with Crippen molar-refractivity contribution >= 4 is 58.2 Å². The van der Waals surface area contributed by atoms with E-state index in [-0.39, 0.29) is 21.6 Å². The maximum Gasteiger partial charge on any atom is 0.343 e. The molecule has 0 radical (unpaired) electrons. The molecule has 0 spiro atoms. The molecule has 1 amide bonds. The van der Waals surface area contributed by atoms with E-state index in [2.05, 4.69) is 15.5 Å². The van der Waals surface area contributed by atoms with Crippen LogP contribution < -0.4 is 11.0 Å². The lowest BCUT2D eigenvalue weighted by Crippen LogP contribution is -2.24. The molecule has 130 valence electrons. The Balaban J connectivity index is 2.12. The van der Waals surface area contributed by atoms with Gasteiger partial charge in [-0.05, 0) is 25.5 Å². The normalized spacial score (nSPS) is 12.2. The van der Waals surface area contributed by atoms with Crippen LogP contribution in [0.4, 0.5) is 5.69 Å². The first-order valence-corrected chi connectivity index (χ1v) is 9.12. The number of anilines is 1. The second-order valence-electron chi connectivity index (χ2n) is 4.96. The Hall–Kier alpha value is -1.15. The van der Waals surface area contributed by atoms with Gasteiger partial charge < -0.3 is 5.32 Å². The van der Waals surface area contributed by atoms with Crippen molar-refractivity contribution in [3.8, 4) is 0 Å². The molecule has 0 aliphatic rings. The second kappa shape index (κ2) is 8.29. The van der Waals surface area contributed by atoms with Crippen LogP contribution in [-0.4, -0.2) is 25.9 Å². The fraction of sp³-hybridized carbons (Fsp3) is 0.357. The van der Waals surface area contributed by atoms with E-state index < -0.39 is 5.25 Å². The van der Waals surface area contributed by atoms with Crippen LogP contribution in [-0.2, 0) is 11.3 Å². The van der Waals surface area contributed by atoms with Crippen molar-refractivity contribution in [2.45, 2.75) is 37.2 Å². The highest BCUT2D eigenvalue weighted by Gasteiger charge is 2.21. The molecule has 24 heavy (non-hydrogen) atoms. The molecule has 1 heterocycles. The Labute approximate surface area is 157 Å². The summed E-state index contributed by atoms with van der Waals surface area (Å²) in [5.41, 5.74) is 0.00362. The number of nitrogens with one attached hydrogen (secondary N) is 2. The number of benzene rings is 1. The van der Waals surface area contributed by atoms with E-state index in [0.29, 0.717) is 22.4 Å². The lowest BCUT2D eigenvalue weighted by Gasteiger charge is -2.14. The van der Waals surface area contributed by atoms with Gasteiger partial charge in [0.05, 0.1) is 21.0 Å². The summed E-state index contributed by atoms with van der Waals surface area (Å²) in [6.07, 6.45) is 0.781. The maximum absolute atomic E-state index is 12.4. The summed E-state index contributed by atoms with van der Waals surface area (Å²) in [7, 11) is 0. The quantitative estimate of drug-likeness (QED) is 0.705. The largest absolute Gasteiger partial charge is 0.343 e. The van der Waals surface area contributed by atoms with Crippen LogP contribution in [0.15, 0.2) is 22.1 Å². The first kappa shape index (κ1) is 19.2. The Bertz CT molecular complexity index is 783. The minimum Gasteiger partial charge on any atom is -0.323 e. The lowest BCUT2D eigenvalue weighted by molar-refractivity contribution is -0.115. The van der Waals surface area contributed by atoms with E-state index in [4.69, 9.17) is 34.8 Å². The predicted molar refractivity (Wildman–Crippen MR) is 98.6 cm³/mol. The van der Waals surface area contributed by atoms with Gasteiger partial charge in [0, 0.05) is 11.6 Å². The minimum atomic E-state index is -0.515. The summed E-state index contributed by atoms with van der Waals surface area (Å²) in [6, 6.07) is 2.99. The number of amides is 1. The zero-order valence-electron chi connectivity index (χ0n) is 12.9. The fourth-order valence-corrected chi connectivity index (χ4v) is 3.71. The molecule has 1 aromatic carbocycles. The van der Waals surface area contributed by atoms with Crippen LogP contribution in [0.3, 0.4) is 0 Å². The molecule has 0 bridgehead atoms. The number of aromatic nitrogens is 3. The Morgan fingerprint density at radius 2 is 2.00 bits per heavy atom. The van der Waals surface area contributed by atoms with E-state index >= 15 is 0 Å². The van der Waals surface area contributed by atoms with Gasteiger partial charge in [-0.1, -0.05) is 53.5 Å². The fourth-order valence-electron chi connectivity index (χ4n) is 1.91. The molecule has 10 heteroatoms. The van der Waals surface area contributed by atoms with Gasteiger partial charge in [-0.25, -0.2) is 9.89 Å². The van der Waals surface area contributed by atoms with Crippen LogP contribution in [0.1, 0.15) is 20.3 Å². The summed E-state index contributed by atoms with van der Waals surface area (Å²) in [6.45, 7) is 4.18. The summed E-state index contributed by atoms with van der Waals surface area (Å²) in [4.78, 5) is 24.1. The van der Waals surface area contributed by atoms with Crippen molar-refractivity contribution < 1.29 is 4.79 Å². The molecule has 1 atom stereocenters. The van der Waals surface area contributed by atoms with Crippen molar-refractivity contribution in [1.29, 1.82) is 0 Å². The van der Waals surface area contributed by atoms with Crippen LogP contribution in [0, 0.1) is 0 Å². The van der Waals surface area contributed by atoms with Crippen molar-refractivity contribution in [2.24, 2.45) is 0 Å². The highest BCUT2D eigenvalue weighted by atomic mass is 35.5. The SMILES string of the molecule is CCCn1c(S[C@H](C)C(=O)Nc2c(Cl)cc(Cl)cc2Cl)n[nH]c1=O. The third-order valence-corrected chi connectivity index (χ3v) is 4.98. The van der Waals surface area contributed by atoms with Crippen LogP contribution in [0.25, 0.3) is 0 Å². The molecular weight excluding hydrogens is 395 g/mol.